The summed E-state index contributed by atoms with van der Waals surface area (Å²) >= 11 is 0. The predicted octanol–water partition coefficient (Wildman–Crippen LogP) is 3.54. The van der Waals surface area contributed by atoms with Gasteiger partial charge in [-0.25, -0.2) is 18.1 Å². The first kappa shape index (κ1) is 23.9. The molecule has 1 aliphatic rings. The molecule has 1 fully saturated rings. The van der Waals surface area contributed by atoms with E-state index in [1.54, 1.807) is 53.5 Å². The number of carbonyl (C=O) groups excluding carboxylic acids is 1. The van der Waals surface area contributed by atoms with E-state index in [-0.39, 0.29) is 10.8 Å². The van der Waals surface area contributed by atoms with E-state index >= 15 is 0 Å². The Hall–Kier alpha value is -3.24. The maximum absolute atomic E-state index is 13.1. The first-order valence-electron chi connectivity index (χ1n) is 11.6. The molecule has 1 aliphatic heterocycles. The van der Waals surface area contributed by atoms with Gasteiger partial charge in [-0.05, 0) is 55.7 Å². The highest BCUT2D eigenvalue weighted by Crippen LogP contribution is 2.32. The first-order chi connectivity index (χ1) is 16.4. The van der Waals surface area contributed by atoms with Gasteiger partial charge < -0.3 is 10.2 Å². The molecule has 0 saturated carbocycles. The Balaban J connectivity index is 1.65. The summed E-state index contributed by atoms with van der Waals surface area (Å²) in [6, 6.07) is 10.2. The van der Waals surface area contributed by atoms with Crippen molar-refractivity contribution in [3.8, 4) is 5.82 Å². The first-order valence-corrected chi connectivity index (χ1v) is 13.0. The summed E-state index contributed by atoms with van der Waals surface area (Å²) < 4.78 is 29.3. The number of nitrogens with zero attached hydrogens (tertiary/aromatic N) is 5. The monoisotopic (exact) mass is 482 g/mol. The van der Waals surface area contributed by atoms with E-state index in [9.17, 15) is 13.2 Å². The molecule has 1 aromatic carbocycles. The SMILES string of the molecule is CCN(CC)S(=O)(=O)c1ccc(N2CCCCC2)c(NC(=O)c2ccc(-n3cccn3)nc2)c1. The lowest BCUT2D eigenvalue weighted by Gasteiger charge is -2.31. The van der Waals surface area contributed by atoms with Gasteiger partial charge in [-0.3, -0.25) is 4.79 Å². The second-order valence-electron chi connectivity index (χ2n) is 8.13. The predicted molar refractivity (Wildman–Crippen MR) is 132 cm³/mol. The van der Waals surface area contributed by atoms with E-state index in [2.05, 4.69) is 20.3 Å². The number of carbonyl (C=O) groups is 1. The minimum absolute atomic E-state index is 0.166. The minimum atomic E-state index is -3.66. The zero-order valence-corrected chi connectivity index (χ0v) is 20.3. The van der Waals surface area contributed by atoms with Crippen molar-refractivity contribution in [2.24, 2.45) is 0 Å². The molecule has 0 bridgehead atoms. The molecule has 4 rings (SSSR count). The van der Waals surface area contributed by atoms with Crippen LogP contribution in [-0.2, 0) is 10.0 Å². The van der Waals surface area contributed by atoms with E-state index in [0.29, 0.717) is 30.2 Å². The average Bonchev–Trinajstić information content (AvgIpc) is 3.40. The molecule has 180 valence electrons. The molecule has 34 heavy (non-hydrogen) atoms. The molecule has 0 aliphatic carbocycles. The van der Waals surface area contributed by atoms with Crippen molar-refractivity contribution in [1.82, 2.24) is 19.1 Å². The van der Waals surface area contributed by atoms with Gasteiger partial charge in [-0.1, -0.05) is 13.8 Å². The number of aromatic nitrogens is 3. The summed E-state index contributed by atoms with van der Waals surface area (Å²) in [6.45, 7) is 6.11. The topological polar surface area (TPSA) is 100 Å². The summed E-state index contributed by atoms with van der Waals surface area (Å²) in [5.41, 5.74) is 1.68. The molecule has 0 radical (unpaired) electrons. The Morgan fingerprint density at radius 2 is 1.85 bits per heavy atom. The van der Waals surface area contributed by atoms with Crippen LogP contribution in [0.25, 0.3) is 5.82 Å². The molecule has 3 aromatic rings. The number of sulfonamides is 1. The number of benzene rings is 1. The Labute approximate surface area is 200 Å². The molecule has 3 heterocycles. The standard InChI is InChI=1S/C24H30N6O3S/c1-3-29(4-2)34(32,33)20-10-11-22(28-14-6-5-7-15-28)21(17-20)27-24(31)19-9-12-23(25-18-19)30-16-8-13-26-30/h8-13,16-18H,3-7,14-15H2,1-2H3,(H,27,31). The molecular formula is C24H30N6O3S. The molecule has 0 spiro atoms. The summed E-state index contributed by atoms with van der Waals surface area (Å²) in [4.78, 5) is 19.8. The fourth-order valence-corrected chi connectivity index (χ4v) is 5.64. The zero-order valence-electron chi connectivity index (χ0n) is 19.5. The van der Waals surface area contributed by atoms with E-state index < -0.39 is 10.0 Å². The van der Waals surface area contributed by atoms with E-state index in [1.165, 1.54) is 16.9 Å². The highest BCUT2D eigenvalue weighted by atomic mass is 32.2. The molecule has 1 saturated heterocycles. The molecule has 0 atom stereocenters. The maximum Gasteiger partial charge on any atom is 0.257 e. The van der Waals surface area contributed by atoms with Crippen LogP contribution in [0.5, 0.6) is 0 Å². The van der Waals surface area contributed by atoms with Gasteiger partial charge in [0.05, 0.1) is 21.8 Å². The van der Waals surface area contributed by atoms with Crippen LogP contribution in [0.2, 0.25) is 0 Å². The largest absolute Gasteiger partial charge is 0.370 e. The highest BCUT2D eigenvalue weighted by Gasteiger charge is 2.25. The zero-order chi connectivity index (χ0) is 24.1. The average molecular weight is 483 g/mol. The van der Waals surface area contributed by atoms with Crippen LogP contribution in [0.1, 0.15) is 43.5 Å². The van der Waals surface area contributed by atoms with E-state index in [0.717, 1.165) is 31.6 Å². The summed E-state index contributed by atoms with van der Waals surface area (Å²) in [7, 11) is -3.66. The summed E-state index contributed by atoms with van der Waals surface area (Å²) in [6.07, 6.45) is 8.21. The smallest absolute Gasteiger partial charge is 0.257 e. The van der Waals surface area contributed by atoms with Crippen molar-refractivity contribution in [3.05, 3.63) is 60.6 Å². The lowest BCUT2D eigenvalue weighted by Crippen LogP contribution is -2.32. The van der Waals surface area contributed by atoms with Crippen LogP contribution in [-0.4, -0.2) is 59.6 Å². The maximum atomic E-state index is 13.1. The van der Waals surface area contributed by atoms with Crippen molar-refractivity contribution in [1.29, 1.82) is 0 Å². The number of anilines is 2. The Bertz CT molecular complexity index is 1220. The summed E-state index contributed by atoms with van der Waals surface area (Å²) in [5, 5.41) is 7.08. The van der Waals surface area contributed by atoms with Gasteiger partial charge in [-0.15, -0.1) is 0 Å². The van der Waals surface area contributed by atoms with Gasteiger partial charge >= 0.3 is 0 Å². The molecule has 0 unspecified atom stereocenters. The lowest BCUT2D eigenvalue weighted by atomic mass is 10.1. The number of rotatable bonds is 8. The second-order valence-corrected chi connectivity index (χ2v) is 10.1. The van der Waals surface area contributed by atoms with Crippen molar-refractivity contribution in [2.75, 3.05) is 36.4 Å². The molecule has 2 aromatic heterocycles. The van der Waals surface area contributed by atoms with E-state index in [4.69, 9.17) is 0 Å². The molecular weight excluding hydrogens is 452 g/mol. The number of nitrogens with one attached hydrogen (secondary N) is 1. The molecule has 10 heteroatoms. The quantitative estimate of drug-likeness (QED) is 0.527. The number of amides is 1. The Morgan fingerprint density at radius 3 is 2.47 bits per heavy atom. The Kier molecular flexibility index (Phi) is 7.28. The van der Waals surface area contributed by atoms with Crippen LogP contribution in [0.15, 0.2) is 59.9 Å². The number of hydrogen-bond acceptors (Lipinski definition) is 6. The van der Waals surface area contributed by atoms with Crippen LogP contribution < -0.4 is 10.2 Å². The van der Waals surface area contributed by atoms with Crippen LogP contribution in [0.4, 0.5) is 11.4 Å². The van der Waals surface area contributed by atoms with Crippen molar-refractivity contribution in [2.45, 2.75) is 38.0 Å². The van der Waals surface area contributed by atoms with Gasteiger partial charge in [0, 0.05) is 44.8 Å². The fourth-order valence-electron chi connectivity index (χ4n) is 4.15. The lowest BCUT2D eigenvalue weighted by molar-refractivity contribution is 0.102. The fraction of sp³-hybridized carbons (Fsp3) is 0.375. The molecule has 1 amide bonds. The van der Waals surface area contributed by atoms with Crippen LogP contribution in [0, 0.1) is 0 Å². The molecule has 1 N–H and O–H groups in total. The summed E-state index contributed by atoms with van der Waals surface area (Å²) in [5.74, 6) is 0.248. The third-order valence-corrected chi connectivity index (χ3v) is 8.05. The van der Waals surface area contributed by atoms with Crippen molar-refractivity contribution < 1.29 is 13.2 Å². The van der Waals surface area contributed by atoms with Crippen molar-refractivity contribution >= 4 is 27.3 Å². The number of hydrogen-bond donors (Lipinski definition) is 1. The Morgan fingerprint density at radius 1 is 1.09 bits per heavy atom. The van der Waals surface area contributed by atoms with Gasteiger partial charge in [0.1, 0.15) is 0 Å². The second kappa shape index (κ2) is 10.4. The highest BCUT2D eigenvalue weighted by molar-refractivity contribution is 7.89. The van der Waals surface area contributed by atoms with Crippen molar-refractivity contribution in [3.63, 3.8) is 0 Å². The number of piperidine rings is 1. The third-order valence-electron chi connectivity index (χ3n) is 6.01. The van der Waals surface area contributed by atoms with Crippen LogP contribution >= 0.6 is 0 Å². The number of pyridine rings is 1. The molecule has 9 nitrogen and oxygen atoms in total. The van der Waals surface area contributed by atoms with Gasteiger partial charge in [0.2, 0.25) is 10.0 Å². The van der Waals surface area contributed by atoms with Crippen LogP contribution in [0.3, 0.4) is 0 Å². The normalized spacial score (nSPS) is 14.4. The third kappa shape index (κ3) is 4.97. The minimum Gasteiger partial charge on any atom is -0.370 e. The van der Waals surface area contributed by atoms with E-state index in [1.807, 2.05) is 13.8 Å². The van der Waals surface area contributed by atoms with Gasteiger partial charge in [-0.2, -0.15) is 9.40 Å². The van der Waals surface area contributed by atoms with Gasteiger partial charge in [0.25, 0.3) is 5.91 Å². The van der Waals surface area contributed by atoms with Gasteiger partial charge in [0.15, 0.2) is 5.82 Å².